The molecule has 0 amide bonds. The largest absolute Gasteiger partial charge is 0.454 e. The average molecular weight is 455 g/mol. The molecule has 1 N–H and O–H groups in total. The maximum atomic E-state index is 14.2. The van der Waals surface area contributed by atoms with Gasteiger partial charge in [-0.25, -0.2) is 4.79 Å². The Morgan fingerprint density at radius 2 is 1.91 bits per heavy atom. The quantitative estimate of drug-likeness (QED) is 0.543. The molecule has 0 unspecified atom stereocenters. The third-order valence-corrected chi connectivity index (χ3v) is 8.55. The van der Waals surface area contributed by atoms with Gasteiger partial charge in [0, 0.05) is 11.0 Å². The normalized spacial score (nSPS) is 40.9. The van der Waals surface area contributed by atoms with Crippen LogP contribution in [0.15, 0.2) is 40.9 Å². The second kappa shape index (κ2) is 6.47. The van der Waals surface area contributed by atoms with E-state index >= 15 is 0 Å². The molecule has 5 atom stereocenters. The lowest BCUT2D eigenvalue weighted by Gasteiger charge is -2.60. The van der Waals surface area contributed by atoms with Crippen LogP contribution in [0.2, 0.25) is 0 Å². The molecule has 4 aliphatic rings. The minimum Gasteiger partial charge on any atom is -0.454 e. The molecular formula is C26H30O7. The number of aryl methyl sites for hydroxylation is 1. The molecule has 5 rings (SSSR count). The van der Waals surface area contributed by atoms with E-state index in [2.05, 4.69) is 6.58 Å². The Kier molecular flexibility index (Phi) is 4.34. The number of carbonyl (C=O) groups excluding carboxylic acids is 3. The highest BCUT2D eigenvalue weighted by Crippen LogP contribution is 2.72. The summed E-state index contributed by atoms with van der Waals surface area (Å²) in [4.78, 5) is 40.9. The first-order valence-electron chi connectivity index (χ1n) is 11.5. The predicted octanol–water partition coefficient (Wildman–Crippen LogP) is 4.04. The fourth-order valence-electron chi connectivity index (χ4n) is 6.95. The van der Waals surface area contributed by atoms with Crippen LogP contribution < -0.4 is 0 Å². The number of ketones is 1. The van der Waals surface area contributed by atoms with Crippen LogP contribution in [0, 0.1) is 29.1 Å². The van der Waals surface area contributed by atoms with Crippen LogP contribution in [-0.2, 0) is 19.1 Å². The summed E-state index contributed by atoms with van der Waals surface area (Å²) in [6.07, 6.45) is 5.90. The fourth-order valence-corrected chi connectivity index (χ4v) is 6.95. The Labute approximate surface area is 192 Å². The molecule has 7 heteroatoms. The van der Waals surface area contributed by atoms with Crippen molar-refractivity contribution in [2.24, 2.45) is 22.2 Å². The molecule has 2 saturated carbocycles. The van der Waals surface area contributed by atoms with Crippen LogP contribution in [0.25, 0.3) is 0 Å². The summed E-state index contributed by atoms with van der Waals surface area (Å²) in [6.45, 7) is 11.4. The highest BCUT2D eigenvalue weighted by atomic mass is 16.7. The van der Waals surface area contributed by atoms with Crippen LogP contribution in [0.4, 0.5) is 0 Å². The van der Waals surface area contributed by atoms with Gasteiger partial charge in [-0.3, -0.25) is 9.59 Å². The van der Waals surface area contributed by atoms with Gasteiger partial charge in [-0.05, 0) is 50.2 Å². The van der Waals surface area contributed by atoms with E-state index in [1.54, 1.807) is 25.1 Å². The molecule has 3 fully saturated rings. The van der Waals surface area contributed by atoms with Gasteiger partial charge in [-0.1, -0.05) is 39.3 Å². The van der Waals surface area contributed by atoms with E-state index in [1.165, 1.54) is 6.07 Å². The Morgan fingerprint density at radius 1 is 1.18 bits per heavy atom. The SMILES string of the molecule is C=C[C@]1(C)C=C2C(=O)[C@@]3(OC(=O)c4ccc(C)o4)OC(=O)[C@@]4(CCCC(C)(C)[C@H]34)[C@@]2(O)CC1. The molecule has 1 aromatic heterocycles. The number of hydrogen-bond donors (Lipinski definition) is 1. The van der Waals surface area contributed by atoms with Crippen molar-refractivity contribution < 1.29 is 33.4 Å². The number of Topliss-reactive ketones (excluding diaryl/α,β-unsaturated/α-hetero) is 1. The zero-order chi connectivity index (χ0) is 24.0. The standard InChI is InChI=1S/C26H30O7/c1-6-23(5)12-13-25(30)16(14-23)18(27)26(32-19(28)17-9-8-15(2)31-17)20-22(3,4)10-7-11-24(20,25)21(29)33-26/h6,8-9,14,20,30H,1,7,10-13H2,2-5H3/t20-,23-,24-,25+,26+/m0/s1. The highest BCUT2D eigenvalue weighted by Gasteiger charge is 2.85. The second-order valence-electron chi connectivity index (χ2n) is 11.1. The third kappa shape index (κ3) is 2.57. The molecule has 2 heterocycles. The summed E-state index contributed by atoms with van der Waals surface area (Å²) in [5.74, 6) is -4.78. The summed E-state index contributed by atoms with van der Waals surface area (Å²) in [6, 6.07) is 3.08. The summed E-state index contributed by atoms with van der Waals surface area (Å²) in [5.41, 5.74) is -4.15. The predicted molar refractivity (Wildman–Crippen MR) is 117 cm³/mol. The van der Waals surface area contributed by atoms with E-state index in [-0.39, 0.29) is 17.8 Å². The van der Waals surface area contributed by atoms with Crippen LogP contribution in [0.5, 0.6) is 0 Å². The van der Waals surface area contributed by atoms with Crippen molar-refractivity contribution in [1.29, 1.82) is 0 Å². The van der Waals surface area contributed by atoms with Crippen LogP contribution >= 0.6 is 0 Å². The first-order valence-corrected chi connectivity index (χ1v) is 11.5. The molecule has 0 radical (unpaired) electrons. The van der Waals surface area contributed by atoms with Gasteiger partial charge in [0.25, 0.3) is 0 Å². The Bertz CT molecular complexity index is 1130. The number of allylic oxidation sites excluding steroid dienone is 2. The van der Waals surface area contributed by atoms with Crippen molar-refractivity contribution in [3.63, 3.8) is 0 Å². The second-order valence-corrected chi connectivity index (χ2v) is 11.1. The summed E-state index contributed by atoms with van der Waals surface area (Å²) >= 11 is 0. The van der Waals surface area contributed by atoms with Crippen LogP contribution in [-0.4, -0.2) is 34.2 Å². The Balaban J connectivity index is 1.75. The van der Waals surface area contributed by atoms with Crippen LogP contribution in [0.3, 0.4) is 0 Å². The van der Waals surface area contributed by atoms with E-state index in [0.717, 1.165) is 0 Å². The van der Waals surface area contributed by atoms with Gasteiger partial charge in [0.1, 0.15) is 16.8 Å². The number of fused-ring (bicyclic) bond motifs is 1. The van der Waals surface area contributed by atoms with Crippen LogP contribution in [0.1, 0.15) is 69.2 Å². The van der Waals surface area contributed by atoms with Crippen molar-refractivity contribution in [3.8, 4) is 0 Å². The van der Waals surface area contributed by atoms with Crippen molar-refractivity contribution in [2.45, 2.75) is 71.2 Å². The molecule has 1 aliphatic heterocycles. The summed E-state index contributed by atoms with van der Waals surface area (Å²) in [7, 11) is 0. The van der Waals surface area contributed by atoms with Crippen molar-refractivity contribution in [2.75, 3.05) is 0 Å². The van der Waals surface area contributed by atoms with E-state index in [9.17, 15) is 19.5 Å². The lowest BCUT2D eigenvalue weighted by Crippen LogP contribution is -2.71. The summed E-state index contributed by atoms with van der Waals surface area (Å²) in [5, 5.41) is 12.1. The topological polar surface area (TPSA) is 103 Å². The molecule has 0 aromatic carbocycles. The number of rotatable bonds is 3. The maximum Gasteiger partial charge on any atom is 0.377 e. The number of hydrogen-bond acceptors (Lipinski definition) is 7. The van der Waals surface area contributed by atoms with Crippen molar-refractivity contribution in [3.05, 3.63) is 48.0 Å². The molecular weight excluding hydrogens is 424 g/mol. The van der Waals surface area contributed by atoms with Gasteiger partial charge in [0.2, 0.25) is 11.5 Å². The molecule has 1 aromatic rings. The highest BCUT2D eigenvalue weighted by molar-refractivity contribution is 6.11. The minimum atomic E-state index is -2.16. The van der Waals surface area contributed by atoms with Gasteiger partial charge in [0.05, 0.1) is 5.92 Å². The Hall–Kier alpha value is -2.67. The maximum absolute atomic E-state index is 14.2. The molecule has 33 heavy (non-hydrogen) atoms. The van der Waals surface area contributed by atoms with Crippen molar-refractivity contribution >= 4 is 17.7 Å². The lowest BCUT2D eigenvalue weighted by molar-refractivity contribution is -0.235. The van der Waals surface area contributed by atoms with Gasteiger partial charge in [-0.2, -0.15) is 0 Å². The number of furan rings is 1. The lowest BCUT2D eigenvalue weighted by atomic mass is 9.42. The fraction of sp³-hybridized carbons (Fsp3) is 0.577. The smallest absolute Gasteiger partial charge is 0.377 e. The Morgan fingerprint density at radius 3 is 2.55 bits per heavy atom. The average Bonchev–Trinajstić information content (AvgIpc) is 3.29. The molecule has 7 nitrogen and oxygen atoms in total. The van der Waals surface area contributed by atoms with Crippen molar-refractivity contribution in [1.82, 2.24) is 0 Å². The molecule has 0 spiro atoms. The van der Waals surface area contributed by atoms with Gasteiger partial charge >= 0.3 is 17.7 Å². The number of aliphatic hydroxyl groups is 1. The zero-order valence-electron chi connectivity index (χ0n) is 19.5. The molecule has 3 aliphatic carbocycles. The van der Waals surface area contributed by atoms with E-state index in [1.807, 2.05) is 20.8 Å². The van der Waals surface area contributed by atoms with Gasteiger partial charge in [0.15, 0.2) is 0 Å². The van der Waals surface area contributed by atoms with Gasteiger partial charge < -0.3 is 19.0 Å². The minimum absolute atomic E-state index is 0.0776. The number of ether oxygens (including phenoxy) is 2. The first kappa shape index (κ1) is 22.1. The molecule has 1 saturated heterocycles. The van der Waals surface area contributed by atoms with E-state index < -0.39 is 51.3 Å². The molecule has 2 bridgehead atoms. The third-order valence-electron chi connectivity index (χ3n) is 8.55. The van der Waals surface area contributed by atoms with Gasteiger partial charge in [-0.15, -0.1) is 6.58 Å². The summed E-state index contributed by atoms with van der Waals surface area (Å²) < 4.78 is 17.1. The number of carbonyl (C=O) groups is 3. The zero-order valence-corrected chi connectivity index (χ0v) is 19.5. The van der Waals surface area contributed by atoms with E-state index in [0.29, 0.717) is 31.4 Å². The van der Waals surface area contributed by atoms with E-state index in [4.69, 9.17) is 13.9 Å². The number of esters is 2. The first-order chi connectivity index (χ1) is 15.4. The monoisotopic (exact) mass is 454 g/mol. The molecule has 176 valence electrons.